The molecule has 0 fully saturated rings. The Labute approximate surface area is 116 Å². The topological polar surface area (TPSA) is 81.9 Å². The zero-order valence-corrected chi connectivity index (χ0v) is 10.9. The van der Waals surface area contributed by atoms with E-state index in [0.717, 1.165) is 0 Å². The molecule has 0 bridgehead atoms. The predicted octanol–water partition coefficient (Wildman–Crippen LogP) is 0.0223. The molecule has 2 aromatic heterocycles. The fourth-order valence-corrected chi connectivity index (χ4v) is 1.33. The molecule has 2 aromatic rings. The van der Waals surface area contributed by atoms with Crippen molar-refractivity contribution in [1.82, 2.24) is 25.3 Å². The maximum absolute atomic E-state index is 11.6. The number of carbonyl (C=O) groups excluding carboxylic acids is 1. The number of rotatable bonds is 4. The van der Waals surface area contributed by atoms with Crippen molar-refractivity contribution < 1.29 is 9.53 Å². The first kappa shape index (κ1) is 13.5. The third-order valence-electron chi connectivity index (χ3n) is 2.24. The molecule has 0 saturated heterocycles. The molecule has 1 N–H and O–H groups in total. The zero-order chi connectivity index (χ0) is 14.2. The molecule has 102 valence electrons. The van der Waals surface area contributed by atoms with Gasteiger partial charge in [0.1, 0.15) is 12.4 Å². The number of hydrogen-bond acceptors (Lipinski definition) is 5. The highest BCUT2D eigenvalue weighted by atomic mass is 16.5. The first-order valence-electron chi connectivity index (χ1n) is 5.89. The van der Waals surface area contributed by atoms with Gasteiger partial charge in [-0.3, -0.25) is 14.5 Å². The molecule has 0 saturated carbocycles. The molecule has 0 aliphatic carbocycles. The molecule has 0 aliphatic rings. The van der Waals surface area contributed by atoms with Gasteiger partial charge in [0.25, 0.3) is 5.91 Å². The molecular weight excluding hydrogens is 258 g/mol. The van der Waals surface area contributed by atoms with Crippen molar-refractivity contribution in [2.24, 2.45) is 7.05 Å². The van der Waals surface area contributed by atoms with E-state index in [1.807, 2.05) is 0 Å². The second-order valence-electron chi connectivity index (χ2n) is 3.79. The highest BCUT2D eigenvalue weighted by Gasteiger charge is 2.07. The number of carbonyl (C=O) groups is 1. The van der Waals surface area contributed by atoms with Crippen molar-refractivity contribution in [1.29, 1.82) is 0 Å². The van der Waals surface area contributed by atoms with Gasteiger partial charge in [0.05, 0.1) is 18.9 Å². The van der Waals surface area contributed by atoms with E-state index in [1.165, 1.54) is 10.9 Å². The molecule has 2 rings (SSSR count). The van der Waals surface area contributed by atoms with Gasteiger partial charge in [0.2, 0.25) is 0 Å². The fourth-order valence-electron chi connectivity index (χ4n) is 1.33. The van der Waals surface area contributed by atoms with E-state index >= 15 is 0 Å². The van der Waals surface area contributed by atoms with E-state index in [-0.39, 0.29) is 24.8 Å². The number of aryl methyl sites for hydroxylation is 1. The van der Waals surface area contributed by atoms with Gasteiger partial charge < -0.3 is 10.1 Å². The highest BCUT2D eigenvalue weighted by Crippen LogP contribution is 2.04. The average Bonchev–Trinajstić information content (AvgIpc) is 2.90. The summed E-state index contributed by atoms with van der Waals surface area (Å²) in [6.45, 7) is 0.471. The Morgan fingerprint density at radius 2 is 2.40 bits per heavy atom. The molecule has 7 nitrogen and oxygen atoms in total. The second-order valence-corrected chi connectivity index (χ2v) is 3.79. The number of aromatic nitrogens is 4. The minimum absolute atomic E-state index is 0.228. The van der Waals surface area contributed by atoms with Crippen LogP contribution in [0, 0.1) is 11.8 Å². The van der Waals surface area contributed by atoms with E-state index in [2.05, 4.69) is 32.5 Å². The number of hydrogen-bond donors (Lipinski definition) is 1. The van der Waals surface area contributed by atoms with Gasteiger partial charge in [0, 0.05) is 13.2 Å². The van der Waals surface area contributed by atoms with E-state index in [1.54, 1.807) is 31.6 Å². The Bertz CT molecular complexity index is 627. The van der Waals surface area contributed by atoms with Crippen molar-refractivity contribution in [3.05, 3.63) is 36.4 Å². The molecule has 0 aliphatic heterocycles. The Hall–Kier alpha value is -2.88. The summed E-state index contributed by atoms with van der Waals surface area (Å²) >= 11 is 0. The van der Waals surface area contributed by atoms with Crippen LogP contribution >= 0.6 is 0 Å². The van der Waals surface area contributed by atoms with E-state index in [0.29, 0.717) is 5.75 Å². The van der Waals surface area contributed by atoms with Crippen LogP contribution in [0.2, 0.25) is 0 Å². The molecule has 7 heteroatoms. The van der Waals surface area contributed by atoms with Crippen LogP contribution < -0.4 is 10.1 Å². The zero-order valence-electron chi connectivity index (χ0n) is 10.9. The van der Waals surface area contributed by atoms with Crippen LogP contribution in [0.25, 0.3) is 0 Å². The van der Waals surface area contributed by atoms with E-state index in [9.17, 15) is 4.79 Å². The molecule has 0 unspecified atom stereocenters. The van der Waals surface area contributed by atoms with Crippen molar-refractivity contribution in [2.75, 3.05) is 13.2 Å². The Balaban J connectivity index is 1.69. The van der Waals surface area contributed by atoms with Crippen molar-refractivity contribution >= 4 is 5.91 Å². The van der Waals surface area contributed by atoms with Crippen LogP contribution in [0.1, 0.15) is 10.5 Å². The lowest BCUT2D eigenvalue weighted by Gasteiger charge is -1.99. The maximum atomic E-state index is 11.6. The van der Waals surface area contributed by atoms with Crippen molar-refractivity contribution in [3.8, 4) is 17.6 Å². The normalized spacial score (nSPS) is 9.45. The first-order valence-corrected chi connectivity index (χ1v) is 5.89. The van der Waals surface area contributed by atoms with Crippen LogP contribution in [0.5, 0.6) is 5.75 Å². The largest absolute Gasteiger partial charge is 0.479 e. The van der Waals surface area contributed by atoms with Gasteiger partial charge in [-0.2, -0.15) is 0 Å². The maximum Gasteiger partial charge on any atom is 0.274 e. The quantitative estimate of drug-likeness (QED) is 0.793. The molecule has 0 radical (unpaired) electrons. The van der Waals surface area contributed by atoms with Crippen LogP contribution in [0.15, 0.2) is 30.7 Å². The highest BCUT2D eigenvalue weighted by molar-refractivity contribution is 5.91. The summed E-state index contributed by atoms with van der Waals surface area (Å²) in [5.41, 5.74) is 0.265. The van der Waals surface area contributed by atoms with Gasteiger partial charge >= 0.3 is 0 Å². The average molecular weight is 271 g/mol. The van der Waals surface area contributed by atoms with Gasteiger partial charge in [-0.25, -0.2) is 0 Å². The summed E-state index contributed by atoms with van der Waals surface area (Å²) in [6.07, 6.45) is 4.81. The van der Waals surface area contributed by atoms with Crippen LogP contribution in [-0.4, -0.2) is 39.0 Å². The number of ether oxygens (including phenoxy) is 1. The molecule has 0 aromatic carbocycles. The Morgan fingerprint density at radius 3 is 3.10 bits per heavy atom. The summed E-state index contributed by atoms with van der Waals surface area (Å²) in [5.74, 6) is 5.92. The Morgan fingerprint density at radius 1 is 1.50 bits per heavy atom. The summed E-state index contributed by atoms with van der Waals surface area (Å²) in [7, 11) is 1.69. The minimum atomic E-state index is -0.305. The Kier molecular flexibility index (Phi) is 4.67. The number of nitrogens with one attached hydrogen (secondary N) is 1. The molecule has 2 heterocycles. The summed E-state index contributed by atoms with van der Waals surface area (Å²) in [4.78, 5) is 15.5. The van der Waals surface area contributed by atoms with Crippen LogP contribution in [0.3, 0.4) is 0 Å². The third-order valence-corrected chi connectivity index (χ3v) is 2.24. The van der Waals surface area contributed by atoms with Gasteiger partial charge in [-0.05, 0) is 12.1 Å². The standard InChI is InChI=1S/C13H13N5O2/c1-18-10-12(16-17-18)13(19)15-7-2-3-8-20-11-5-4-6-14-9-11/h4-6,9-10H,7-8H2,1H3,(H,15,19). The van der Waals surface area contributed by atoms with Crippen molar-refractivity contribution in [3.63, 3.8) is 0 Å². The molecule has 20 heavy (non-hydrogen) atoms. The second kappa shape index (κ2) is 6.89. The van der Waals surface area contributed by atoms with Gasteiger partial charge in [-0.15, -0.1) is 5.10 Å². The minimum Gasteiger partial charge on any atom is -0.479 e. The predicted molar refractivity (Wildman–Crippen MR) is 70.8 cm³/mol. The molecular formula is C13H13N5O2. The number of pyridine rings is 1. The lowest BCUT2D eigenvalue weighted by Crippen LogP contribution is -2.24. The van der Waals surface area contributed by atoms with Crippen molar-refractivity contribution in [2.45, 2.75) is 0 Å². The number of amides is 1. The number of nitrogens with zero attached hydrogens (tertiary/aromatic N) is 4. The van der Waals surface area contributed by atoms with Gasteiger partial charge in [-0.1, -0.05) is 17.1 Å². The molecule has 0 atom stereocenters. The van der Waals surface area contributed by atoms with E-state index < -0.39 is 0 Å². The summed E-state index contributed by atoms with van der Waals surface area (Å²) in [5, 5.41) is 9.98. The monoisotopic (exact) mass is 271 g/mol. The summed E-state index contributed by atoms with van der Waals surface area (Å²) < 4.78 is 6.79. The van der Waals surface area contributed by atoms with Crippen LogP contribution in [0.4, 0.5) is 0 Å². The fraction of sp³-hybridized carbons (Fsp3) is 0.231. The smallest absolute Gasteiger partial charge is 0.274 e. The summed E-state index contributed by atoms with van der Waals surface area (Å²) in [6, 6.07) is 3.58. The molecule has 0 spiro atoms. The first-order chi connectivity index (χ1) is 9.75. The van der Waals surface area contributed by atoms with Crippen LogP contribution in [-0.2, 0) is 7.05 Å². The lowest BCUT2D eigenvalue weighted by molar-refractivity contribution is 0.0953. The SMILES string of the molecule is Cn1cc(C(=O)NCC#CCOc2cccnc2)nn1. The lowest BCUT2D eigenvalue weighted by atomic mass is 10.4. The van der Waals surface area contributed by atoms with Gasteiger partial charge in [0.15, 0.2) is 5.69 Å². The third kappa shape index (κ3) is 4.10. The van der Waals surface area contributed by atoms with E-state index in [4.69, 9.17) is 4.74 Å². The molecule has 1 amide bonds.